The van der Waals surface area contributed by atoms with Gasteiger partial charge in [-0.3, -0.25) is 0 Å². The number of nitrogens with two attached hydrogens (primary N) is 1. The summed E-state index contributed by atoms with van der Waals surface area (Å²) < 4.78 is 0. The number of nitrogens with zero attached hydrogens (tertiary/aromatic N) is 1. The Labute approximate surface area is 96.9 Å². The maximum absolute atomic E-state index is 9.55. The quantitative estimate of drug-likeness (QED) is 0.591. The summed E-state index contributed by atoms with van der Waals surface area (Å²) in [6.45, 7) is 2.33. The average molecular weight is 220 g/mol. The summed E-state index contributed by atoms with van der Waals surface area (Å²) in [6.07, 6.45) is 3.50. The minimum atomic E-state index is 0.210. The van der Waals surface area contributed by atoms with Crippen LogP contribution in [0.3, 0.4) is 0 Å². The highest BCUT2D eigenvalue weighted by molar-refractivity contribution is 5.57. The lowest BCUT2D eigenvalue weighted by Gasteiger charge is -2.30. The molecule has 1 heterocycles. The summed E-state index contributed by atoms with van der Waals surface area (Å²) in [5.41, 5.74) is 7.51. The molecule has 16 heavy (non-hydrogen) atoms. The van der Waals surface area contributed by atoms with Crippen molar-refractivity contribution < 1.29 is 5.11 Å². The molecule has 0 bridgehead atoms. The van der Waals surface area contributed by atoms with Crippen LogP contribution in [-0.2, 0) is 6.42 Å². The van der Waals surface area contributed by atoms with Crippen molar-refractivity contribution in [2.75, 3.05) is 25.9 Å². The van der Waals surface area contributed by atoms with Crippen molar-refractivity contribution in [1.82, 2.24) is 4.90 Å². The van der Waals surface area contributed by atoms with Crippen LogP contribution >= 0.6 is 0 Å². The van der Waals surface area contributed by atoms with Crippen molar-refractivity contribution in [3.8, 4) is 5.75 Å². The van der Waals surface area contributed by atoms with E-state index in [1.165, 1.54) is 19.4 Å². The molecule has 3 heteroatoms. The van der Waals surface area contributed by atoms with E-state index in [9.17, 15) is 5.11 Å². The average Bonchev–Trinajstić information content (AvgIpc) is 2.25. The highest BCUT2D eigenvalue weighted by Crippen LogP contribution is 2.28. The fraction of sp³-hybridized carbons (Fsp3) is 0.538. The van der Waals surface area contributed by atoms with Crippen molar-refractivity contribution >= 4 is 5.69 Å². The summed E-state index contributed by atoms with van der Waals surface area (Å²) in [5.74, 6) is 0.879. The third-order valence-corrected chi connectivity index (χ3v) is 3.40. The van der Waals surface area contributed by atoms with E-state index in [1.54, 1.807) is 6.07 Å². The summed E-state index contributed by atoms with van der Waals surface area (Å²) in [6, 6.07) is 5.53. The molecular weight excluding hydrogens is 200 g/mol. The van der Waals surface area contributed by atoms with E-state index in [0.29, 0.717) is 11.6 Å². The second-order valence-corrected chi connectivity index (χ2v) is 4.82. The van der Waals surface area contributed by atoms with Gasteiger partial charge in [0.25, 0.3) is 0 Å². The van der Waals surface area contributed by atoms with Crippen LogP contribution in [0.5, 0.6) is 5.75 Å². The molecule has 0 aliphatic carbocycles. The molecule has 3 N–H and O–H groups in total. The Morgan fingerprint density at radius 2 is 2.31 bits per heavy atom. The maximum Gasteiger partial charge on any atom is 0.138 e. The molecule has 0 radical (unpaired) electrons. The first kappa shape index (κ1) is 11.3. The van der Waals surface area contributed by atoms with Gasteiger partial charge in [-0.15, -0.1) is 0 Å². The van der Waals surface area contributed by atoms with Gasteiger partial charge in [-0.2, -0.15) is 0 Å². The van der Waals surface area contributed by atoms with Gasteiger partial charge in [0.15, 0.2) is 0 Å². The second-order valence-electron chi connectivity index (χ2n) is 4.82. The lowest BCUT2D eigenvalue weighted by Crippen LogP contribution is -2.33. The molecule has 1 aliphatic heterocycles. The molecule has 1 aromatic rings. The fourth-order valence-electron chi connectivity index (χ4n) is 2.53. The highest BCUT2D eigenvalue weighted by atomic mass is 16.3. The maximum atomic E-state index is 9.55. The molecule has 0 aromatic heterocycles. The number of aromatic hydroxyl groups is 1. The highest BCUT2D eigenvalue weighted by Gasteiger charge is 2.18. The van der Waals surface area contributed by atoms with E-state index < -0.39 is 0 Å². The van der Waals surface area contributed by atoms with E-state index in [0.717, 1.165) is 18.5 Å². The minimum Gasteiger partial charge on any atom is -0.506 e. The molecule has 1 fully saturated rings. The number of likely N-dealkylation sites (tertiary alicyclic amines) is 1. The molecule has 1 saturated heterocycles. The molecule has 1 unspecified atom stereocenters. The molecule has 0 amide bonds. The number of hydrogen-bond donors (Lipinski definition) is 2. The van der Waals surface area contributed by atoms with E-state index >= 15 is 0 Å². The summed E-state index contributed by atoms with van der Waals surface area (Å²) in [5, 5.41) is 9.55. The zero-order valence-electron chi connectivity index (χ0n) is 9.82. The van der Waals surface area contributed by atoms with Gasteiger partial charge < -0.3 is 15.7 Å². The van der Waals surface area contributed by atoms with Gasteiger partial charge in [0.2, 0.25) is 0 Å². The van der Waals surface area contributed by atoms with Crippen LogP contribution < -0.4 is 5.73 Å². The van der Waals surface area contributed by atoms with E-state index in [1.807, 2.05) is 12.1 Å². The Morgan fingerprint density at radius 3 is 3.06 bits per heavy atom. The van der Waals surface area contributed by atoms with Gasteiger partial charge in [0.05, 0.1) is 5.69 Å². The number of hydrogen-bond acceptors (Lipinski definition) is 3. The summed E-state index contributed by atoms with van der Waals surface area (Å²) in [4.78, 5) is 2.37. The number of nitrogen functional groups attached to an aromatic ring is 1. The van der Waals surface area contributed by atoms with Crippen LogP contribution in [0.4, 0.5) is 5.69 Å². The van der Waals surface area contributed by atoms with Crippen molar-refractivity contribution in [3.63, 3.8) is 0 Å². The number of rotatable bonds is 2. The summed E-state index contributed by atoms with van der Waals surface area (Å²) >= 11 is 0. The Balaban J connectivity index is 2.05. The monoisotopic (exact) mass is 220 g/mol. The van der Waals surface area contributed by atoms with Gasteiger partial charge >= 0.3 is 0 Å². The minimum absolute atomic E-state index is 0.210. The molecule has 1 aromatic carbocycles. The van der Waals surface area contributed by atoms with Gasteiger partial charge in [-0.25, -0.2) is 0 Å². The van der Waals surface area contributed by atoms with Crippen LogP contribution in [0.15, 0.2) is 18.2 Å². The van der Waals surface area contributed by atoms with Gasteiger partial charge in [-0.05, 0) is 50.4 Å². The smallest absolute Gasteiger partial charge is 0.138 e. The van der Waals surface area contributed by atoms with Crippen LogP contribution in [0, 0.1) is 5.92 Å². The topological polar surface area (TPSA) is 49.5 Å². The second kappa shape index (κ2) is 4.74. The predicted octanol–water partition coefficient (Wildman–Crippen LogP) is 1.86. The lowest BCUT2D eigenvalue weighted by molar-refractivity contribution is 0.209. The van der Waals surface area contributed by atoms with E-state index in [-0.39, 0.29) is 5.75 Å². The summed E-state index contributed by atoms with van der Waals surface area (Å²) in [7, 11) is 2.16. The predicted molar refractivity (Wildman–Crippen MR) is 66.4 cm³/mol. The van der Waals surface area contributed by atoms with Crippen LogP contribution in [-0.4, -0.2) is 30.1 Å². The van der Waals surface area contributed by atoms with Crippen LogP contribution in [0.2, 0.25) is 0 Å². The normalized spacial score (nSPS) is 22.2. The van der Waals surface area contributed by atoms with Crippen LogP contribution in [0.25, 0.3) is 0 Å². The van der Waals surface area contributed by atoms with E-state index in [4.69, 9.17) is 5.73 Å². The standard InChI is InChI=1S/C13H20N2O/c1-15-7-3-4-10(9-15)8-11-5-2-6-12(16)13(11)14/h2,5-6,10,16H,3-4,7-9,14H2,1H3. The SMILES string of the molecule is CN1CCCC(Cc2cccc(O)c2N)C1. The zero-order valence-corrected chi connectivity index (χ0v) is 9.82. The van der Waals surface area contributed by atoms with Crippen molar-refractivity contribution in [2.24, 2.45) is 5.92 Å². The van der Waals surface area contributed by atoms with Gasteiger partial charge in [-0.1, -0.05) is 12.1 Å². The molecule has 0 saturated carbocycles. The molecular formula is C13H20N2O. The van der Waals surface area contributed by atoms with Crippen LogP contribution in [0.1, 0.15) is 18.4 Å². The van der Waals surface area contributed by atoms with Crippen molar-refractivity contribution in [2.45, 2.75) is 19.3 Å². The molecule has 88 valence electrons. The number of phenols is 1. The number of para-hydroxylation sites is 1. The molecule has 2 rings (SSSR count). The van der Waals surface area contributed by atoms with Gasteiger partial charge in [0, 0.05) is 6.54 Å². The first-order valence-corrected chi connectivity index (χ1v) is 5.91. The third kappa shape index (κ3) is 2.47. The molecule has 3 nitrogen and oxygen atoms in total. The Kier molecular flexibility index (Phi) is 3.34. The third-order valence-electron chi connectivity index (χ3n) is 3.40. The Bertz CT molecular complexity index is 365. The van der Waals surface area contributed by atoms with Crippen molar-refractivity contribution in [1.29, 1.82) is 0 Å². The Hall–Kier alpha value is -1.22. The van der Waals surface area contributed by atoms with Crippen molar-refractivity contribution in [3.05, 3.63) is 23.8 Å². The Morgan fingerprint density at radius 1 is 1.50 bits per heavy atom. The molecule has 0 spiro atoms. The zero-order chi connectivity index (χ0) is 11.5. The molecule has 1 aliphatic rings. The lowest BCUT2D eigenvalue weighted by atomic mass is 9.91. The largest absolute Gasteiger partial charge is 0.506 e. The van der Waals surface area contributed by atoms with Gasteiger partial charge in [0.1, 0.15) is 5.75 Å². The first-order valence-electron chi connectivity index (χ1n) is 5.91. The number of benzene rings is 1. The molecule has 1 atom stereocenters. The first-order chi connectivity index (χ1) is 7.66. The fourth-order valence-corrected chi connectivity index (χ4v) is 2.53. The van der Waals surface area contributed by atoms with E-state index in [2.05, 4.69) is 11.9 Å². The number of piperidine rings is 1. The number of phenolic OH excluding ortho intramolecular Hbond substituents is 1. The number of anilines is 1.